The van der Waals surface area contributed by atoms with Crippen molar-refractivity contribution < 1.29 is 9.84 Å². The van der Waals surface area contributed by atoms with Gasteiger partial charge in [-0.15, -0.1) is 0 Å². The maximum absolute atomic E-state index is 9.37. The highest BCUT2D eigenvalue weighted by molar-refractivity contribution is 5.03. The molecule has 1 N–H and O–H groups in total. The third-order valence-corrected chi connectivity index (χ3v) is 1.64. The normalized spacial score (nSPS) is 32.3. The van der Waals surface area contributed by atoms with E-state index in [0.717, 1.165) is 0 Å². The third-order valence-electron chi connectivity index (χ3n) is 1.64. The molecule has 0 amide bonds. The highest BCUT2D eigenvalue weighted by Crippen LogP contribution is 2.42. The molecule has 2 nitrogen and oxygen atoms in total. The number of rotatable bonds is 1. The van der Waals surface area contributed by atoms with Crippen LogP contribution in [0.5, 0.6) is 0 Å². The van der Waals surface area contributed by atoms with E-state index in [1.807, 2.05) is 13.8 Å². The van der Waals surface area contributed by atoms with Crippen LogP contribution in [-0.2, 0) is 4.74 Å². The molecule has 1 saturated heterocycles. The summed E-state index contributed by atoms with van der Waals surface area (Å²) in [5, 5.41) is 9.37. The first kappa shape index (κ1) is 7.03. The minimum absolute atomic E-state index is 0.0185. The molecule has 2 heteroatoms. The molecule has 0 spiro atoms. The van der Waals surface area contributed by atoms with Crippen molar-refractivity contribution in [1.82, 2.24) is 0 Å². The van der Waals surface area contributed by atoms with E-state index >= 15 is 0 Å². The van der Waals surface area contributed by atoms with E-state index in [9.17, 15) is 5.11 Å². The lowest BCUT2D eigenvalue weighted by molar-refractivity contribution is 0.0482. The second-order valence-electron chi connectivity index (χ2n) is 3.76. The fraction of sp³-hybridized carbons (Fsp3) is 1.00. The Labute approximate surface area is 55.8 Å². The Kier molecular flexibility index (Phi) is 1.17. The van der Waals surface area contributed by atoms with Crippen LogP contribution in [0.25, 0.3) is 0 Å². The summed E-state index contributed by atoms with van der Waals surface area (Å²) in [4.78, 5) is 0. The van der Waals surface area contributed by atoms with E-state index < -0.39 is 5.60 Å². The Morgan fingerprint density at radius 2 is 1.78 bits per heavy atom. The maximum Gasteiger partial charge on any atom is 0.115 e. The van der Waals surface area contributed by atoms with Gasteiger partial charge in [0.05, 0.1) is 11.2 Å². The number of hydrogen-bond donors (Lipinski definition) is 1. The molecule has 1 aliphatic heterocycles. The zero-order valence-electron chi connectivity index (χ0n) is 6.43. The van der Waals surface area contributed by atoms with Gasteiger partial charge in [-0.2, -0.15) is 0 Å². The summed E-state index contributed by atoms with van der Waals surface area (Å²) in [7, 11) is 0. The Morgan fingerprint density at radius 3 is 1.78 bits per heavy atom. The van der Waals surface area contributed by atoms with Crippen LogP contribution in [-0.4, -0.2) is 22.4 Å². The van der Waals surface area contributed by atoms with Gasteiger partial charge < -0.3 is 9.84 Å². The average molecular weight is 130 g/mol. The number of ether oxygens (including phenoxy) is 1. The lowest BCUT2D eigenvalue weighted by Gasteiger charge is -2.14. The van der Waals surface area contributed by atoms with Crippen molar-refractivity contribution in [3.63, 3.8) is 0 Å². The van der Waals surface area contributed by atoms with Gasteiger partial charge in [0.15, 0.2) is 0 Å². The molecule has 1 fully saturated rings. The molecule has 1 atom stereocenters. The van der Waals surface area contributed by atoms with Crippen molar-refractivity contribution >= 4 is 0 Å². The average Bonchev–Trinajstić information content (AvgIpc) is 2.10. The van der Waals surface area contributed by atoms with Gasteiger partial charge >= 0.3 is 0 Å². The van der Waals surface area contributed by atoms with Crippen LogP contribution >= 0.6 is 0 Å². The Hall–Kier alpha value is -0.0800. The highest BCUT2D eigenvalue weighted by Gasteiger charge is 2.55. The van der Waals surface area contributed by atoms with Crippen molar-refractivity contribution in [2.75, 3.05) is 0 Å². The van der Waals surface area contributed by atoms with Crippen LogP contribution in [0.3, 0.4) is 0 Å². The fourth-order valence-electron chi connectivity index (χ4n) is 1.26. The number of aliphatic hydroxyl groups is 1. The van der Waals surface area contributed by atoms with Gasteiger partial charge in [0.1, 0.15) is 6.10 Å². The van der Waals surface area contributed by atoms with Crippen LogP contribution in [0.15, 0.2) is 0 Å². The Balaban J connectivity index is 2.52. The van der Waals surface area contributed by atoms with Gasteiger partial charge in [-0.3, -0.25) is 0 Å². The minimum atomic E-state index is -0.677. The Bertz CT molecular complexity index is 121. The van der Waals surface area contributed by atoms with Crippen molar-refractivity contribution in [2.24, 2.45) is 0 Å². The van der Waals surface area contributed by atoms with Gasteiger partial charge in [-0.05, 0) is 27.7 Å². The number of epoxide rings is 1. The molecule has 0 aromatic rings. The van der Waals surface area contributed by atoms with Crippen LogP contribution in [0.4, 0.5) is 0 Å². The molecule has 1 rings (SSSR count). The van der Waals surface area contributed by atoms with Gasteiger partial charge in [-0.25, -0.2) is 0 Å². The molecular weight excluding hydrogens is 116 g/mol. The van der Waals surface area contributed by atoms with Crippen LogP contribution in [0.1, 0.15) is 27.7 Å². The van der Waals surface area contributed by atoms with Crippen molar-refractivity contribution in [1.29, 1.82) is 0 Å². The predicted octanol–water partition coefficient (Wildman–Crippen LogP) is 0.935. The predicted molar refractivity (Wildman–Crippen MR) is 35.2 cm³/mol. The second-order valence-corrected chi connectivity index (χ2v) is 3.76. The van der Waals surface area contributed by atoms with E-state index in [4.69, 9.17) is 4.74 Å². The molecule has 1 aliphatic rings. The lowest BCUT2D eigenvalue weighted by Crippen LogP contribution is -2.30. The van der Waals surface area contributed by atoms with Gasteiger partial charge in [0, 0.05) is 0 Å². The molecule has 0 saturated carbocycles. The molecule has 0 aliphatic carbocycles. The molecule has 1 heterocycles. The smallest absolute Gasteiger partial charge is 0.115 e. The largest absolute Gasteiger partial charge is 0.388 e. The molecule has 0 aromatic heterocycles. The van der Waals surface area contributed by atoms with E-state index in [2.05, 4.69) is 0 Å². The van der Waals surface area contributed by atoms with Crippen molar-refractivity contribution in [2.45, 2.75) is 45.0 Å². The molecule has 0 unspecified atom stereocenters. The van der Waals surface area contributed by atoms with E-state index in [-0.39, 0.29) is 11.7 Å². The van der Waals surface area contributed by atoms with Crippen molar-refractivity contribution in [3.8, 4) is 0 Å². The van der Waals surface area contributed by atoms with Gasteiger partial charge in [0.25, 0.3) is 0 Å². The van der Waals surface area contributed by atoms with Crippen LogP contribution < -0.4 is 0 Å². The summed E-state index contributed by atoms with van der Waals surface area (Å²) in [6, 6.07) is 0. The zero-order valence-corrected chi connectivity index (χ0v) is 6.43. The fourth-order valence-corrected chi connectivity index (χ4v) is 1.26. The third kappa shape index (κ3) is 1.25. The summed E-state index contributed by atoms with van der Waals surface area (Å²) in [5.41, 5.74) is -0.776. The summed E-state index contributed by atoms with van der Waals surface area (Å²) >= 11 is 0. The molecule has 54 valence electrons. The SMILES string of the molecule is CC(C)(O)[C@@H]1OC1(C)C. The zero-order chi connectivity index (χ0) is 7.28. The summed E-state index contributed by atoms with van der Waals surface area (Å²) in [6.07, 6.45) is 0.0185. The van der Waals surface area contributed by atoms with E-state index in [1.54, 1.807) is 13.8 Å². The van der Waals surface area contributed by atoms with Gasteiger partial charge in [-0.1, -0.05) is 0 Å². The summed E-state index contributed by atoms with van der Waals surface area (Å²) in [5.74, 6) is 0. The monoisotopic (exact) mass is 130 g/mol. The molecule has 0 bridgehead atoms. The second kappa shape index (κ2) is 1.50. The van der Waals surface area contributed by atoms with E-state index in [1.165, 1.54) is 0 Å². The van der Waals surface area contributed by atoms with Crippen LogP contribution in [0, 0.1) is 0 Å². The summed E-state index contributed by atoms with van der Waals surface area (Å²) < 4.78 is 5.22. The van der Waals surface area contributed by atoms with Crippen LogP contribution in [0.2, 0.25) is 0 Å². The first-order valence-corrected chi connectivity index (χ1v) is 3.24. The van der Waals surface area contributed by atoms with Crippen molar-refractivity contribution in [3.05, 3.63) is 0 Å². The van der Waals surface area contributed by atoms with E-state index in [0.29, 0.717) is 0 Å². The quantitative estimate of drug-likeness (QED) is 0.536. The first-order valence-electron chi connectivity index (χ1n) is 3.24. The minimum Gasteiger partial charge on any atom is -0.388 e. The highest BCUT2D eigenvalue weighted by atomic mass is 16.6. The molecule has 0 aromatic carbocycles. The van der Waals surface area contributed by atoms with Gasteiger partial charge in [0.2, 0.25) is 0 Å². The maximum atomic E-state index is 9.37. The Morgan fingerprint density at radius 1 is 1.44 bits per heavy atom. The number of hydrogen-bond acceptors (Lipinski definition) is 2. The molecule has 0 radical (unpaired) electrons. The topological polar surface area (TPSA) is 32.8 Å². The lowest BCUT2D eigenvalue weighted by atomic mass is 9.97. The molecule has 9 heavy (non-hydrogen) atoms. The first-order chi connectivity index (χ1) is 3.84. The summed E-state index contributed by atoms with van der Waals surface area (Å²) in [6.45, 7) is 7.50. The standard InChI is InChI=1S/C7H14O2/c1-6(2,8)5-7(3,4)9-5/h5,8H,1-4H3/t5-/m0/s1. The molecular formula is C7H14O2.